The Kier molecular flexibility index (Phi) is 5.44. The van der Waals surface area contributed by atoms with Gasteiger partial charge >= 0.3 is 6.18 Å². The monoisotopic (exact) mass is 392 g/mol. The SMILES string of the molecule is COCC(O)(C(Nc1cccc2[nH]c(=O)ccc12)c1ccccc1)C(F)(F)F. The smallest absolute Gasteiger partial charge is 0.381 e. The lowest BCUT2D eigenvalue weighted by Crippen LogP contribution is -2.55. The van der Waals surface area contributed by atoms with Gasteiger partial charge in [-0.05, 0) is 23.8 Å². The average Bonchev–Trinajstić information content (AvgIpc) is 2.65. The number of H-pyrrole nitrogens is 1. The van der Waals surface area contributed by atoms with Crippen LogP contribution >= 0.6 is 0 Å². The van der Waals surface area contributed by atoms with Gasteiger partial charge in [0.25, 0.3) is 0 Å². The number of aliphatic hydroxyl groups is 1. The van der Waals surface area contributed by atoms with Gasteiger partial charge in [-0.25, -0.2) is 0 Å². The zero-order valence-electron chi connectivity index (χ0n) is 15.0. The van der Waals surface area contributed by atoms with Gasteiger partial charge in [0.05, 0.1) is 18.2 Å². The van der Waals surface area contributed by atoms with Crippen molar-refractivity contribution in [1.29, 1.82) is 0 Å². The number of pyridine rings is 1. The molecule has 2 atom stereocenters. The molecule has 0 aliphatic heterocycles. The zero-order valence-corrected chi connectivity index (χ0v) is 15.0. The van der Waals surface area contributed by atoms with Gasteiger partial charge in [0.15, 0.2) is 0 Å². The molecule has 0 spiro atoms. The van der Waals surface area contributed by atoms with Crippen LogP contribution < -0.4 is 10.9 Å². The van der Waals surface area contributed by atoms with E-state index in [1.807, 2.05) is 0 Å². The normalized spacial score (nSPS) is 15.2. The predicted molar refractivity (Wildman–Crippen MR) is 100 cm³/mol. The molecule has 3 rings (SSSR count). The van der Waals surface area contributed by atoms with Crippen molar-refractivity contribution < 1.29 is 23.0 Å². The van der Waals surface area contributed by atoms with E-state index in [0.717, 1.165) is 7.11 Å². The molecular weight excluding hydrogens is 373 g/mol. The van der Waals surface area contributed by atoms with E-state index in [-0.39, 0.29) is 11.1 Å². The first-order valence-corrected chi connectivity index (χ1v) is 8.48. The Bertz CT molecular complexity index is 1000. The maximum Gasteiger partial charge on any atom is 0.421 e. The zero-order chi connectivity index (χ0) is 20.4. The highest BCUT2D eigenvalue weighted by Gasteiger charge is 2.59. The fourth-order valence-electron chi connectivity index (χ4n) is 3.14. The minimum Gasteiger partial charge on any atom is -0.381 e. The first kappa shape index (κ1) is 19.9. The summed E-state index contributed by atoms with van der Waals surface area (Å²) < 4.78 is 46.4. The molecule has 0 bridgehead atoms. The van der Waals surface area contributed by atoms with Crippen LogP contribution in [-0.2, 0) is 4.74 Å². The Labute approximate surface area is 158 Å². The van der Waals surface area contributed by atoms with Gasteiger partial charge < -0.3 is 20.1 Å². The summed E-state index contributed by atoms with van der Waals surface area (Å²) >= 11 is 0. The Morgan fingerprint density at radius 3 is 2.43 bits per heavy atom. The highest BCUT2D eigenvalue weighted by atomic mass is 19.4. The number of hydrogen-bond acceptors (Lipinski definition) is 4. The van der Waals surface area contributed by atoms with Crippen LogP contribution in [0.2, 0.25) is 0 Å². The van der Waals surface area contributed by atoms with Gasteiger partial charge in [-0.1, -0.05) is 36.4 Å². The molecule has 3 N–H and O–H groups in total. The highest BCUT2D eigenvalue weighted by molar-refractivity contribution is 5.91. The summed E-state index contributed by atoms with van der Waals surface area (Å²) in [7, 11) is 1.10. The lowest BCUT2D eigenvalue weighted by atomic mass is 9.87. The molecule has 0 saturated heterocycles. The van der Waals surface area contributed by atoms with Gasteiger partial charge in [-0.15, -0.1) is 0 Å². The molecule has 2 unspecified atom stereocenters. The quantitative estimate of drug-likeness (QED) is 0.599. The minimum absolute atomic E-state index is 0.237. The number of benzene rings is 2. The molecule has 0 saturated carbocycles. The largest absolute Gasteiger partial charge is 0.421 e. The van der Waals surface area contributed by atoms with Crippen molar-refractivity contribution in [3.63, 3.8) is 0 Å². The molecule has 0 radical (unpaired) electrons. The molecule has 8 heteroatoms. The number of rotatable bonds is 6. The van der Waals surface area contributed by atoms with E-state index in [1.54, 1.807) is 36.4 Å². The molecule has 0 amide bonds. The molecule has 148 valence electrons. The number of halogens is 3. The molecule has 2 aromatic carbocycles. The number of fused-ring (bicyclic) bond motifs is 1. The van der Waals surface area contributed by atoms with Crippen molar-refractivity contribution in [2.75, 3.05) is 19.0 Å². The first-order chi connectivity index (χ1) is 13.3. The van der Waals surface area contributed by atoms with Crippen molar-refractivity contribution in [3.8, 4) is 0 Å². The van der Waals surface area contributed by atoms with Crippen LogP contribution in [0.4, 0.5) is 18.9 Å². The molecule has 28 heavy (non-hydrogen) atoms. The van der Waals surface area contributed by atoms with Crippen molar-refractivity contribution in [3.05, 3.63) is 76.6 Å². The predicted octanol–water partition coefficient (Wildman–Crippen LogP) is 3.62. The maximum absolute atomic E-state index is 13.9. The van der Waals surface area contributed by atoms with Crippen LogP contribution in [-0.4, -0.2) is 35.6 Å². The summed E-state index contributed by atoms with van der Waals surface area (Å²) in [6.45, 7) is -0.954. The van der Waals surface area contributed by atoms with Gasteiger partial charge in [-0.3, -0.25) is 4.79 Å². The molecule has 0 aliphatic carbocycles. The summed E-state index contributed by atoms with van der Waals surface area (Å²) in [5.41, 5.74) is -2.47. The Morgan fingerprint density at radius 1 is 1.07 bits per heavy atom. The van der Waals surface area contributed by atoms with Crippen LogP contribution in [0.1, 0.15) is 11.6 Å². The molecule has 1 aromatic heterocycles. The summed E-state index contributed by atoms with van der Waals surface area (Å²) in [6.07, 6.45) is -4.96. The van der Waals surface area contributed by atoms with E-state index in [4.69, 9.17) is 4.74 Å². The Hall–Kier alpha value is -2.84. The molecule has 0 aliphatic rings. The number of ether oxygens (including phenoxy) is 1. The number of anilines is 1. The minimum atomic E-state index is -4.96. The van der Waals surface area contributed by atoms with E-state index < -0.39 is 24.4 Å². The van der Waals surface area contributed by atoms with E-state index in [0.29, 0.717) is 16.6 Å². The molecular formula is C20H19F3N2O3. The van der Waals surface area contributed by atoms with E-state index >= 15 is 0 Å². The van der Waals surface area contributed by atoms with Gasteiger partial charge in [0, 0.05) is 24.2 Å². The lowest BCUT2D eigenvalue weighted by Gasteiger charge is -2.38. The van der Waals surface area contributed by atoms with Crippen LogP contribution in [0, 0.1) is 0 Å². The van der Waals surface area contributed by atoms with Crippen molar-refractivity contribution >= 4 is 16.6 Å². The number of hydrogen-bond donors (Lipinski definition) is 3. The highest BCUT2D eigenvalue weighted by Crippen LogP contribution is 2.42. The second-order valence-corrected chi connectivity index (χ2v) is 6.43. The molecule has 5 nitrogen and oxygen atoms in total. The second-order valence-electron chi connectivity index (χ2n) is 6.43. The maximum atomic E-state index is 13.9. The Balaban J connectivity index is 2.15. The van der Waals surface area contributed by atoms with E-state index in [1.165, 1.54) is 24.3 Å². The number of alkyl halides is 3. The standard InChI is InChI=1S/C20H19F3N2O3/c1-28-12-19(27,20(21,22)23)18(13-6-3-2-4-7-13)25-16-9-5-8-15-14(16)10-11-17(26)24-15/h2-11,18,25,27H,12H2,1H3,(H,24,26). The van der Waals surface area contributed by atoms with Crippen LogP contribution in [0.15, 0.2) is 65.5 Å². The third-order valence-corrected chi connectivity index (χ3v) is 4.53. The van der Waals surface area contributed by atoms with Crippen LogP contribution in [0.5, 0.6) is 0 Å². The van der Waals surface area contributed by atoms with Gasteiger partial charge in [0.1, 0.15) is 0 Å². The van der Waals surface area contributed by atoms with Crippen LogP contribution in [0.25, 0.3) is 10.9 Å². The number of aromatic nitrogens is 1. The molecule has 1 heterocycles. The number of nitrogens with one attached hydrogen (secondary N) is 2. The van der Waals surface area contributed by atoms with Crippen molar-refractivity contribution in [2.45, 2.75) is 17.8 Å². The van der Waals surface area contributed by atoms with E-state index in [9.17, 15) is 23.1 Å². The van der Waals surface area contributed by atoms with Gasteiger partial charge in [0.2, 0.25) is 11.2 Å². The topological polar surface area (TPSA) is 74.3 Å². The third-order valence-electron chi connectivity index (χ3n) is 4.53. The third kappa shape index (κ3) is 3.74. The number of aromatic amines is 1. The summed E-state index contributed by atoms with van der Waals surface area (Å²) in [6, 6.07) is 13.9. The molecule has 3 aromatic rings. The van der Waals surface area contributed by atoms with Crippen LogP contribution in [0.3, 0.4) is 0 Å². The Morgan fingerprint density at radius 2 is 1.79 bits per heavy atom. The van der Waals surface area contributed by atoms with Gasteiger partial charge in [-0.2, -0.15) is 13.2 Å². The fourth-order valence-corrected chi connectivity index (χ4v) is 3.14. The second kappa shape index (κ2) is 7.65. The number of methoxy groups -OCH3 is 1. The summed E-state index contributed by atoms with van der Waals surface area (Å²) in [4.78, 5) is 14.2. The average molecular weight is 392 g/mol. The lowest BCUT2D eigenvalue weighted by molar-refractivity contribution is -0.279. The molecule has 0 fully saturated rings. The summed E-state index contributed by atoms with van der Waals surface area (Å²) in [5, 5.41) is 14.0. The van der Waals surface area contributed by atoms with Crippen molar-refractivity contribution in [2.24, 2.45) is 0 Å². The van der Waals surface area contributed by atoms with Crippen molar-refractivity contribution in [1.82, 2.24) is 4.98 Å². The van der Waals surface area contributed by atoms with E-state index in [2.05, 4.69) is 10.3 Å². The summed E-state index contributed by atoms with van der Waals surface area (Å²) in [5.74, 6) is 0. The first-order valence-electron chi connectivity index (χ1n) is 8.48. The fraction of sp³-hybridized carbons (Fsp3) is 0.250.